The number of carbonyl (C=O) groups excluding carboxylic acids is 1. The first-order valence-electron chi connectivity index (χ1n) is 7.32. The predicted molar refractivity (Wildman–Crippen MR) is 82.4 cm³/mol. The maximum atomic E-state index is 11.4. The van der Waals surface area contributed by atoms with Gasteiger partial charge in [0.25, 0.3) is 0 Å². The third-order valence-corrected chi connectivity index (χ3v) is 3.62. The Morgan fingerprint density at radius 1 is 1.25 bits per heavy atom. The summed E-state index contributed by atoms with van der Waals surface area (Å²) in [6.45, 7) is 4.36. The van der Waals surface area contributed by atoms with Crippen LogP contribution in [0.4, 0.5) is 0 Å². The first-order chi connectivity index (χ1) is 9.60. The molecule has 1 aromatic carbocycles. The smallest absolute Gasteiger partial charge is 0.221 e. The van der Waals surface area contributed by atoms with E-state index in [1.807, 2.05) is 30.3 Å². The Morgan fingerprint density at radius 2 is 1.85 bits per heavy atom. The van der Waals surface area contributed by atoms with Crippen molar-refractivity contribution in [1.82, 2.24) is 0 Å². The van der Waals surface area contributed by atoms with Gasteiger partial charge in [0.2, 0.25) is 5.91 Å². The van der Waals surface area contributed by atoms with Gasteiger partial charge in [-0.1, -0.05) is 57.0 Å². The molecule has 0 aliphatic heterocycles. The van der Waals surface area contributed by atoms with Crippen molar-refractivity contribution in [3.63, 3.8) is 0 Å². The van der Waals surface area contributed by atoms with E-state index in [-0.39, 0.29) is 17.7 Å². The fourth-order valence-corrected chi connectivity index (χ4v) is 2.24. The van der Waals surface area contributed by atoms with E-state index in [1.54, 1.807) is 6.08 Å². The monoisotopic (exact) mass is 275 g/mol. The lowest BCUT2D eigenvalue weighted by atomic mass is 9.77. The number of benzene rings is 1. The van der Waals surface area contributed by atoms with Gasteiger partial charge in [0.05, 0.1) is 5.76 Å². The highest BCUT2D eigenvalue weighted by atomic mass is 16.3. The molecule has 0 spiro atoms. The number of primary amides is 1. The van der Waals surface area contributed by atoms with Crippen LogP contribution < -0.4 is 5.73 Å². The lowest BCUT2D eigenvalue weighted by Crippen LogP contribution is -2.30. The molecule has 0 saturated heterocycles. The van der Waals surface area contributed by atoms with E-state index in [1.165, 1.54) is 12.8 Å². The molecule has 0 radical (unpaired) electrons. The van der Waals surface area contributed by atoms with Gasteiger partial charge in [0.1, 0.15) is 0 Å². The molecule has 3 N–H and O–H groups in total. The van der Waals surface area contributed by atoms with E-state index >= 15 is 0 Å². The molecule has 1 aliphatic rings. The molecule has 1 aromatic rings. The minimum atomic E-state index is -0.294. The van der Waals surface area contributed by atoms with Gasteiger partial charge in [0, 0.05) is 18.3 Å². The fraction of sp³-hybridized carbons (Fsp3) is 0.471. The van der Waals surface area contributed by atoms with Crippen LogP contribution in [0.3, 0.4) is 0 Å². The van der Waals surface area contributed by atoms with E-state index in [4.69, 9.17) is 5.73 Å². The largest absolute Gasteiger partial charge is 0.513 e. The van der Waals surface area contributed by atoms with Crippen molar-refractivity contribution in [2.45, 2.75) is 45.4 Å². The summed E-state index contributed by atoms with van der Waals surface area (Å²) < 4.78 is 0. The maximum absolute atomic E-state index is 11.4. The Labute approximate surface area is 121 Å². The fourth-order valence-electron chi connectivity index (χ4n) is 2.24. The minimum Gasteiger partial charge on any atom is -0.513 e. The second kappa shape index (κ2) is 8.41. The zero-order valence-electron chi connectivity index (χ0n) is 12.4. The number of carbonyl (C=O) groups is 1. The van der Waals surface area contributed by atoms with E-state index in [2.05, 4.69) is 13.8 Å². The molecular weight excluding hydrogens is 250 g/mol. The van der Waals surface area contributed by atoms with Crippen molar-refractivity contribution in [2.24, 2.45) is 11.7 Å². The molecule has 2 atom stereocenters. The van der Waals surface area contributed by atoms with E-state index in [9.17, 15) is 9.90 Å². The van der Waals surface area contributed by atoms with E-state index in [0.29, 0.717) is 18.6 Å². The molecule has 3 nitrogen and oxygen atoms in total. The lowest BCUT2D eigenvalue weighted by molar-refractivity contribution is -0.122. The summed E-state index contributed by atoms with van der Waals surface area (Å²) in [6, 6.07) is 9.74. The Kier molecular flexibility index (Phi) is 6.85. The summed E-state index contributed by atoms with van der Waals surface area (Å²) in [5.74, 6) is -0.147. The van der Waals surface area contributed by atoms with Crippen molar-refractivity contribution in [3.05, 3.63) is 47.7 Å². The second-order valence-corrected chi connectivity index (χ2v) is 5.16. The zero-order valence-corrected chi connectivity index (χ0v) is 12.4. The summed E-state index contributed by atoms with van der Waals surface area (Å²) in [5.41, 5.74) is 6.45. The molecule has 1 amide bonds. The number of aliphatic hydroxyl groups excluding tert-OH is 1. The summed E-state index contributed by atoms with van der Waals surface area (Å²) >= 11 is 0. The van der Waals surface area contributed by atoms with Crippen LogP contribution in [0.1, 0.15) is 51.0 Å². The first kappa shape index (κ1) is 16.3. The van der Waals surface area contributed by atoms with Gasteiger partial charge in [-0.15, -0.1) is 0 Å². The van der Waals surface area contributed by atoms with Gasteiger partial charge in [-0.2, -0.15) is 0 Å². The third-order valence-electron chi connectivity index (χ3n) is 3.62. The quantitative estimate of drug-likeness (QED) is 0.878. The lowest BCUT2D eigenvalue weighted by Gasteiger charge is -2.27. The summed E-state index contributed by atoms with van der Waals surface area (Å²) in [5, 5.41) is 9.55. The maximum Gasteiger partial charge on any atom is 0.221 e. The molecule has 3 heteroatoms. The number of allylic oxidation sites excluding steroid dienone is 2. The van der Waals surface area contributed by atoms with Crippen LogP contribution in [-0.4, -0.2) is 11.0 Å². The van der Waals surface area contributed by atoms with Crippen LogP contribution >= 0.6 is 0 Å². The Bertz CT molecular complexity index is 438. The highest BCUT2D eigenvalue weighted by molar-refractivity contribution is 5.78. The van der Waals surface area contributed by atoms with Crippen molar-refractivity contribution in [3.8, 4) is 0 Å². The molecular formula is C17H25NO2. The topological polar surface area (TPSA) is 63.3 Å². The summed E-state index contributed by atoms with van der Waals surface area (Å²) in [7, 11) is 0. The Balaban J connectivity index is 0.000000444. The summed E-state index contributed by atoms with van der Waals surface area (Å²) in [6.07, 6.45) is 5.35. The molecule has 2 unspecified atom stereocenters. The second-order valence-electron chi connectivity index (χ2n) is 5.16. The van der Waals surface area contributed by atoms with Gasteiger partial charge < -0.3 is 10.8 Å². The number of amides is 1. The normalized spacial score (nSPS) is 21.4. The number of hydrogen-bond donors (Lipinski definition) is 2. The molecule has 0 fully saturated rings. The number of nitrogens with two attached hydrogens (primary N) is 1. The SMILES string of the molecule is CCCC.NC(=O)C1CC=C(O)CC1c1ccccc1. The van der Waals surface area contributed by atoms with E-state index in [0.717, 1.165) is 5.56 Å². The molecule has 0 aromatic heterocycles. The molecule has 20 heavy (non-hydrogen) atoms. The molecule has 1 aliphatic carbocycles. The minimum absolute atomic E-state index is 0.00343. The Morgan fingerprint density at radius 3 is 2.35 bits per heavy atom. The molecule has 110 valence electrons. The number of hydrogen-bond acceptors (Lipinski definition) is 2. The average molecular weight is 275 g/mol. The van der Waals surface area contributed by atoms with Crippen LogP contribution in [0, 0.1) is 5.92 Å². The van der Waals surface area contributed by atoms with Crippen molar-refractivity contribution in [1.29, 1.82) is 0 Å². The predicted octanol–water partition coefficient (Wildman–Crippen LogP) is 3.91. The van der Waals surface area contributed by atoms with Gasteiger partial charge >= 0.3 is 0 Å². The van der Waals surface area contributed by atoms with Gasteiger partial charge in [-0.3, -0.25) is 4.79 Å². The highest BCUT2D eigenvalue weighted by Gasteiger charge is 2.30. The number of aliphatic hydroxyl groups is 1. The Hall–Kier alpha value is -1.77. The van der Waals surface area contributed by atoms with Crippen molar-refractivity contribution < 1.29 is 9.90 Å². The van der Waals surface area contributed by atoms with Crippen LogP contribution in [-0.2, 0) is 4.79 Å². The van der Waals surface area contributed by atoms with E-state index < -0.39 is 0 Å². The van der Waals surface area contributed by atoms with Gasteiger partial charge in [-0.05, 0) is 18.1 Å². The molecule has 2 rings (SSSR count). The molecule has 0 heterocycles. The van der Waals surface area contributed by atoms with Crippen LogP contribution in [0.2, 0.25) is 0 Å². The number of rotatable bonds is 3. The standard InChI is InChI=1S/C13H15NO2.C4H10/c14-13(16)11-7-6-10(15)8-12(11)9-4-2-1-3-5-9;1-3-4-2/h1-6,11-12,15H,7-8H2,(H2,14,16);3-4H2,1-2H3. The van der Waals surface area contributed by atoms with Crippen molar-refractivity contribution >= 4 is 5.91 Å². The highest BCUT2D eigenvalue weighted by Crippen LogP contribution is 2.36. The number of unbranched alkanes of at least 4 members (excludes halogenated alkanes) is 1. The van der Waals surface area contributed by atoms with Gasteiger partial charge in [-0.25, -0.2) is 0 Å². The van der Waals surface area contributed by atoms with Crippen molar-refractivity contribution in [2.75, 3.05) is 0 Å². The van der Waals surface area contributed by atoms with Gasteiger partial charge in [0.15, 0.2) is 0 Å². The molecule has 0 bridgehead atoms. The van der Waals surface area contributed by atoms with Crippen LogP contribution in [0.25, 0.3) is 0 Å². The molecule has 0 saturated carbocycles. The zero-order chi connectivity index (χ0) is 15.0. The summed E-state index contributed by atoms with van der Waals surface area (Å²) in [4.78, 5) is 11.4. The van der Waals surface area contributed by atoms with Crippen LogP contribution in [0.5, 0.6) is 0 Å². The average Bonchev–Trinajstić information content (AvgIpc) is 2.48. The third kappa shape index (κ3) is 4.72. The van der Waals surface area contributed by atoms with Crippen LogP contribution in [0.15, 0.2) is 42.2 Å². The first-order valence-corrected chi connectivity index (χ1v) is 7.32.